The SMILES string of the molecule is Nc1nc(Cl)c2nnn([C@H]3CC[C@H](O)[C@H]3CO)c2n1. The summed E-state index contributed by atoms with van der Waals surface area (Å²) in [4.78, 5) is 7.91. The number of hydrogen-bond acceptors (Lipinski definition) is 7. The number of aliphatic hydroxyl groups excluding tert-OH is 2. The number of rotatable bonds is 2. The van der Waals surface area contributed by atoms with Crippen LogP contribution >= 0.6 is 11.6 Å². The molecule has 0 radical (unpaired) electrons. The van der Waals surface area contributed by atoms with E-state index >= 15 is 0 Å². The lowest BCUT2D eigenvalue weighted by atomic mass is 10.0. The Bertz CT molecular complexity index is 617. The van der Waals surface area contributed by atoms with Gasteiger partial charge < -0.3 is 15.9 Å². The Morgan fingerprint density at radius 2 is 2.16 bits per heavy atom. The van der Waals surface area contributed by atoms with Crippen molar-refractivity contribution in [3.05, 3.63) is 5.15 Å². The van der Waals surface area contributed by atoms with E-state index in [4.69, 9.17) is 17.3 Å². The summed E-state index contributed by atoms with van der Waals surface area (Å²) in [6.45, 7) is -0.124. The molecule has 3 atom stereocenters. The van der Waals surface area contributed by atoms with Crippen LogP contribution < -0.4 is 5.73 Å². The van der Waals surface area contributed by atoms with Crippen molar-refractivity contribution in [2.45, 2.75) is 25.0 Å². The quantitative estimate of drug-likeness (QED) is 0.650. The van der Waals surface area contributed by atoms with Crippen molar-refractivity contribution in [2.24, 2.45) is 5.92 Å². The summed E-state index contributed by atoms with van der Waals surface area (Å²) in [5, 5.41) is 27.3. The van der Waals surface area contributed by atoms with Gasteiger partial charge in [0.15, 0.2) is 16.3 Å². The molecule has 1 aliphatic carbocycles. The second-order valence-electron chi connectivity index (χ2n) is 4.64. The summed E-state index contributed by atoms with van der Waals surface area (Å²) < 4.78 is 1.57. The highest BCUT2D eigenvalue weighted by Crippen LogP contribution is 2.36. The van der Waals surface area contributed by atoms with Crippen LogP contribution in [-0.4, -0.2) is 47.9 Å². The first kappa shape index (κ1) is 12.5. The average Bonchev–Trinajstić information content (AvgIpc) is 2.92. The van der Waals surface area contributed by atoms with Gasteiger partial charge in [-0.15, -0.1) is 5.10 Å². The highest BCUT2D eigenvalue weighted by Gasteiger charge is 2.37. The van der Waals surface area contributed by atoms with Crippen molar-refractivity contribution in [2.75, 3.05) is 12.3 Å². The summed E-state index contributed by atoms with van der Waals surface area (Å²) in [6.07, 6.45) is 0.738. The maximum atomic E-state index is 9.83. The van der Waals surface area contributed by atoms with Gasteiger partial charge in [-0.25, -0.2) is 4.68 Å². The molecule has 0 bridgehead atoms. The van der Waals surface area contributed by atoms with Gasteiger partial charge in [-0.2, -0.15) is 9.97 Å². The Morgan fingerprint density at radius 3 is 2.89 bits per heavy atom. The molecule has 0 saturated heterocycles. The van der Waals surface area contributed by atoms with E-state index in [0.717, 1.165) is 0 Å². The number of aromatic nitrogens is 5. The van der Waals surface area contributed by atoms with E-state index in [1.165, 1.54) is 0 Å². The zero-order valence-corrected chi connectivity index (χ0v) is 10.7. The molecule has 1 saturated carbocycles. The second kappa shape index (κ2) is 4.55. The third-order valence-corrected chi connectivity index (χ3v) is 3.83. The summed E-state index contributed by atoms with van der Waals surface area (Å²) >= 11 is 5.94. The third-order valence-electron chi connectivity index (χ3n) is 3.57. The summed E-state index contributed by atoms with van der Waals surface area (Å²) in [5.41, 5.74) is 6.37. The first-order valence-corrected chi connectivity index (χ1v) is 6.32. The first-order chi connectivity index (χ1) is 9.11. The Hall–Kier alpha value is -1.51. The minimum atomic E-state index is -0.552. The van der Waals surface area contributed by atoms with Crippen LogP contribution in [0.25, 0.3) is 11.2 Å². The molecule has 2 heterocycles. The molecule has 0 amide bonds. The average molecular weight is 285 g/mol. The highest BCUT2D eigenvalue weighted by molar-refractivity contribution is 6.33. The molecule has 4 N–H and O–H groups in total. The van der Waals surface area contributed by atoms with Gasteiger partial charge in [-0.3, -0.25) is 0 Å². The Balaban J connectivity index is 2.11. The molecule has 2 aromatic rings. The number of halogens is 1. The predicted octanol–water partition coefficient (Wildman–Crippen LogP) is -0.239. The van der Waals surface area contributed by atoms with E-state index in [0.29, 0.717) is 24.0 Å². The van der Waals surface area contributed by atoms with Crippen molar-refractivity contribution in [1.82, 2.24) is 25.0 Å². The van der Waals surface area contributed by atoms with E-state index in [1.54, 1.807) is 4.68 Å². The van der Waals surface area contributed by atoms with Crippen LogP contribution in [0.4, 0.5) is 5.95 Å². The Labute approximate surface area is 113 Å². The topological polar surface area (TPSA) is 123 Å². The fraction of sp³-hybridized carbons (Fsp3) is 0.600. The van der Waals surface area contributed by atoms with Crippen molar-refractivity contribution >= 4 is 28.7 Å². The molecule has 102 valence electrons. The molecule has 0 aromatic carbocycles. The van der Waals surface area contributed by atoms with Gasteiger partial charge in [0, 0.05) is 5.92 Å². The Kier molecular flexibility index (Phi) is 3.00. The van der Waals surface area contributed by atoms with Crippen LogP contribution in [0.3, 0.4) is 0 Å². The van der Waals surface area contributed by atoms with E-state index in [9.17, 15) is 10.2 Å². The van der Waals surface area contributed by atoms with Crippen LogP contribution in [0.15, 0.2) is 0 Å². The maximum Gasteiger partial charge on any atom is 0.223 e. The van der Waals surface area contributed by atoms with Crippen molar-refractivity contribution < 1.29 is 10.2 Å². The largest absolute Gasteiger partial charge is 0.396 e. The predicted molar refractivity (Wildman–Crippen MR) is 67.4 cm³/mol. The number of nitrogen functional groups attached to an aromatic ring is 1. The van der Waals surface area contributed by atoms with Crippen LogP contribution in [-0.2, 0) is 0 Å². The number of fused-ring (bicyclic) bond motifs is 1. The number of anilines is 1. The molecule has 8 nitrogen and oxygen atoms in total. The molecule has 0 unspecified atom stereocenters. The highest BCUT2D eigenvalue weighted by atomic mass is 35.5. The molecule has 1 fully saturated rings. The smallest absolute Gasteiger partial charge is 0.223 e. The number of nitrogens with zero attached hydrogens (tertiary/aromatic N) is 5. The zero-order chi connectivity index (χ0) is 13.6. The third kappa shape index (κ3) is 1.92. The van der Waals surface area contributed by atoms with E-state index in [2.05, 4.69) is 20.3 Å². The molecule has 3 rings (SSSR count). The lowest BCUT2D eigenvalue weighted by molar-refractivity contribution is 0.0723. The molecule has 1 aliphatic rings. The van der Waals surface area contributed by atoms with Gasteiger partial charge >= 0.3 is 0 Å². The van der Waals surface area contributed by atoms with Gasteiger partial charge in [0.25, 0.3) is 0 Å². The molecular formula is C10H13ClN6O2. The lowest BCUT2D eigenvalue weighted by Crippen LogP contribution is -2.26. The number of hydrogen-bond donors (Lipinski definition) is 3. The van der Waals surface area contributed by atoms with Crippen LogP contribution in [0, 0.1) is 5.92 Å². The first-order valence-electron chi connectivity index (χ1n) is 5.94. The molecule has 0 spiro atoms. The molecule has 0 aliphatic heterocycles. The van der Waals surface area contributed by atoms with E-state index in [1.807, 2.05) is 0 Å². The van der Waals surface area contributed by atoms with E-state index < -0.39 is 6.10 Å². The standard InChI is InChI=1S/C10H13ClN6O2/c11-8-7-9(14-10(12)13-8)17(16-15-7)5-1-2-6(19)4(5)3-18/h4-6,18-19H,1-3H2,(H2,12,13,14)/t4-,5-,6-/m0/s1. The molecule has 9 heteroatoms. The van der Waals surface area contributed by atoms with Gasteiger partial charge in [0.1, 0.15) is 0 Å². The van der Waals surface area contributed by atoms with Crippen LogP contribution in [0.5, 0.6) is 0 Å². The Morgan fingerprint density at radius 1 is 1.37 bits per heavy atom. The fourth-order valence-electron chi connectivity index (χ4n) is 2.61. The monoisotopic (exact) mass is 284 g/mol. The van der Waals surface area contributed by atoms with Gasteiger partial charge in [-0.05, 0) is 12.8 Å². The normalized spacial score (nSPS) is 27.2. The van der Waals surface area contributed by atoms with Crippen LogP contribution in [0.1, 0.15) is 18.9 Å². The molecular weight excluding hydrogens is 272 g/mol. The summed E-state index contributed by atoms with van der Waals surface area (Å²) in [6, 6.07) is -0.171. The molecule has 2 aromatic heterocycles. The second-order valence-corrected chi connectivity index (χ2v) is 5.00. The maximum absolute atomic E-state index is 9.83. The van der Waals surface area contributed by atoms with Crippen LogP contribution in [0.2, 0.25) is 5.15 Å². The van der Waals surface area contributed by atoms with E-state index in [-0.39, 0.29) is 29.7 Å². The van der Waals surface area contributed by atoms with Gasteiger partial charge in [0.05, 0.1) is 18.8 Å². The molecule has 19 heavy (non-hydrogen) atoms. The van der Waals surface area contributed by atoms with Gasteiger partial charge in [-0.1, -0.05) is 16.8 Å². The zero-order valence-electron chi connectivity index (χ0n) is 9.94. The van der Waals surface area contributed by atoms with Crippen molar-refractivity contribution in [1.29, 1.82) is 0 Å². The summed E-state index contributed by atoms with van der Waals surface area (Å²) in [5.74, 6) is -0.250. The van der Waals surface area contributed by atoms with Gasteiger partial charge in [0.2, 0.25) is 5.95 Å². The van der Waals surface area contributed by atoms with Crippen molar-refractivity contribution in [3.8, 4) is 0 Å². The minimum absolute atomic E-state index is 0.0418. The summed E-state index contributed by atoms with van der Waals surface area (Å²) in [7, 11) is 0. The lowest BCUT2D eigenvalue weighted by Gasteiger charge is -2.19. The van der Waals surface area contributed by atoms with Crippen molar-refractivity contribution in [3.63, 3.8) is 0 Å². The number of nitrogens with two attached hydrogens (primary N) is 1. The number of aliphatic hydroxyl groups is 2. The fourth-order valence-corrected chi connectivity index (χ4v) is 2.82. The minimum Gasteiger partial charge on any atom is -0.396 e.